The number of hydrogen-bond donors (Lipinski definition) is 1. The maximum atomic E-state index is 16.5. The molecule has 0 aliphatic carbocycles. The molecule has 3 aliphatic heterocycles. The molecule has 3 atom stereocenters. The van der Waals surface area contributed by atoms with E-state index in [1.807, 2.05) is 64.6 Å². The summed E-state index contributed by atoms with van der Waals surface area (Å²) in [5.41, 5.74) is 2.17. The molecule has 2 aromatic carbocycles. The molecule has 0 bridgehead atoms. The number of amides is 2. The van der Waals surface area contributed by atoms with Crippen molar-refractivity contribution >= 4 is 69.0 Å². The number of piperazine rings is 2. The van der Waals surface area contributed by atoms with Crippen LogP contribution in [0.5, 0.6) is 5.75 Å². The highest BCUT2D eigenvalue weighted by atomic mass is 35.5. The molecular weight excluding hydrogens is 1050 g/mol. The van der Waals surface area contributed by atoms with E-state index < -0.39 is 52.2 Å². The van der Waals surface area contributed by atoms with Crippen LogP contribution in [0.25, 0.3) is 50.8 Å². The summed E-state index contributed by atoms with van der Waals surface area (Å²) in [7, 11) is 0. The van der Waals surface area contributed by atoms with Crippen LogP contribution >= 0.6 is 11.6 Å². The lowest BCUT2D eigenvalue weighted by Crippen LogP contribution is -2.54. The van der Waals surface area contributed by atoms with Crippen molar-refractivity contribution in [1.29, 1.82) is 0 Å². The van der Waals surface area contributed by atoms with Crippen molar-refractivity contribution in [1.82, 2.24) is 43.9 Å². The number of aryl methyl sites for hydroxylation is 3. The monoisotopic (exact) mass is 1110 g/mol. The molecule has 80 heavy (non-hydrogen) atoms. The van der Waals surface area contributed by atoms with Gasteiger partial charge >= 0.3 is 11.4 Å². The number of rotatable bonds is 12. The van der Waals surface area contributed by atoms with E-state index in [0.717, 1.165) is 23.3 Å². The van der Waals surface area contributed by atoms with Crippen molar-refractivity contribution < 1.29 is 27.9 Å². The molecule has 7 aromatic rings. The standard InChI is InChI=1S/C59H62ClF3N12O5/c1-9-36-14-12-15-37(10-2)52(36)75-56-40(26-42(60)57(66-56)71-21-20-39(61)31-71)53(67-59(75)80)72-25-23-70(30-34(72)7)47(78)19-18-38-28-64-35(8)51(48(38)32(4)5)74-55-41(27-44(63)50(65-55)49-43(62)16-13-17-45(49)76)54(68-58(74)79)73-24-22-69(29-33(73)6)46(77)11-3/h11-19,26-28,32-34,39,76H,3,9-10,20-25,29-31H2,1-2,4-8H3/b19-18-/t33-,34-,39-/m0/s1. The van der Waals surface area contributed by atoms with Crippen LogP contribution in [0.4, 0.5) is 30.6 Å². The number of alkyl halides is 1. The van der Waals surface area contributed by atoms with E-state index in [9.17, 15) is 28.7 Å². The van der Waals surface area contributed by atoms with Gasteiger partial charge in [-0.15, -0.1) is 0 Å². The number of carbonyl (C=O) groups excluding carboxylic acids is 2. The van der Waals surface area contributed by atoms with Gasteiger partial charge in [0.05, 0.1) is 45.0 Å². The van der Waals surface area contributed by atoms with E-state index in [0.29, 0.717) is 82.6 Å². The van der Waals surface area contributed by atoms with Gasteiger partial charge in [-0.25, -0.2) is 41.9 Å². The number of carbonyl (C=O) groups is 2. The molecule has 0 spiro atoms. The number of nitrogens with zero attached hydrogens (tertiary/aromatic N) is 12. The highest BCUT2D eigenvalue weighted by Gasteiger charge is 2.34. The van der Waals surface area contributed by atoms with Crippen molar-refractivity contribution in [3.8, 4) is 28.4 Å². The molecule has 1 N–H and O–H groups in total. The van der Waals surface area contributed by atoms with Gasteiger partial charge in [0, 0.05) is 70.2 Å². The number of fused-ring (bicyclic) bond motifs is 2. The summed E-state index contributed by atoms with van der Waals surface area (Å²) in [6.07, 6.45) is 6.48. The van der Waals surface area contributed by atoms with Crippen molar-refractivity contribution in [3.05, 3.63) is 139 Å². The number of anilines is 3. The van der Waals surface area contributed by atoms with Crippen LogP contribution in [0.2, 0.25) is 5.02 Å². The number of pyridine rings is 3. The second kappa shape index (κ2) is 22.2. The first-order chi connectivity index (χ1) is 38.3. The van der Waals surface area contributed by atoms with Gasteiger partial charge in [-0.1, -0.05) is 70.1 Å². The van der Waals surface area contributed by atoms with Gasteiger partial charge in [-0.3, -0.25) is 14.6 Å². The lowest BCUT2D eigenvalue weighted by atomic mass is 9.95. The predicted molar refractivity (Wildman–Crippen MR) is 305 cm³/mol. The third-order valence-electron chi connectivity index (χ3n) is 15.5. The minimum absolute atomic E-state index is 0.0946. The van der Waals surface area contributed by atoms with Gasteiger partial charge in [0.2, 0.25) is 11.8 Å². The van der Waals surface area contributed by atoms with Crippen molar-refractivity contribution in [2.75, 3.05) is 67.1 Å². The first-order valence-corrected chi connectivity index (χ1v) is 27.4. The summed E-state index contributed by atoms with van der Waals surface area (Å²) in [4.78, 5) is 88.9. The van der Waals surface area contributed by atoms with Crippen LogP contribution in [0.3, 0.4) is 0 Å². The Morgan fingerprint density at radius 1 is 0.775 bits per heavy atom. The Labute approximate surface area is 465 Å². The second-order valence-corrected chi connectivity index (χ2v) is 21.4. The third-order valence-corrected chi connectivity index (χ3v) is 15.8. The lowest BCUT2D eigenvalue weighted by Gasteiger charge is -2.40. The number of phenolic OH excluding ortho intramolecular Hbond substituents is 1. The summed E-state index contributed by atoms with van der Waals surface area (Å²) in [6, 6.07) is 11.6. The molecule has 0 saturated carbocycles. The van der Waals surface area contributed by atoms with Crippen LogP contribution in [0.1, 0.15) is 81.8 Å². The van der Waals surface area contributed by atoms with Crippen molar-refractivity contribution in [2.45, 2.75) is 91.9 Å². The fraction of sp³-hybridized carbons (Fsp3) is 0.373. The van der Waals surface area contributed by atoms with Crippen molar-refractivity contribution in [2.24, 2.45) is 0 Å². The maximum absolute atomic E-state index is 16.5. The number of hydrogen-bond acceptors (Lipinski definition) is 13. The summed E-state index contributed by atoms with van der Waals surface area (Å²) >= 11 is 7.01. The molecule has 0 unspecified atom stereocenters. The predicted octanol–water partition coefficient (Wildman–Crippen LogP) is 8.65. The SMILES string of the molecule is C=CC(=O)N1CCN(c2nc(=O)n(-c3c(C)ncc(/C=C\C(=O)N4CCN(c5nc(=O)n(-c6c(CC)cccc6CC)c6nc(N7CC[C@H](F)C7)c(Cl)cc56)[C@@H](C)C4)c3C(C)C)c3nc(-c4c(O)cccc4F)c(F)cc23)[C@@H](C)C1. The Bertz CT molecular complexity index is 3770. The fourth-order valence-electron chi connectivity index (χ4n) is 11.6. The van der Waals surface area contributed by atoms with E-state index in [1.165, 1.54) is 28.9 Å². The van der Waals surface area contributed by atoms with Gasteiger partial charge in [-0.05, 0) is 105 Å². The molecule has 10 rings (SSSR count). The molecule has 416 valence electrons. The molecule has 3 fully saturated rings. The van der Waals surface area contributed by atoms with Crippen LogP contribution in [-0.4, -0.2) is 131 Å². The van der Waals surface area contributed by atoms with Crippen LogP contribution in [-0.2, 0) is 22.4 Å². The Kier molecular flexibility index (Phi) is 15.3. The average molecular weight is 1110 g/mol. The smallest absolute Gasteiger partial charge is 0.355 e. The number of aromatic hydroxyl groups is 1. The minimum Gasteiger partial charge on any atom is -0.507 e. The maximum Gasteiger partial charge on any atom is 0.355 e. The zero-order valence-electron chi connectivity index (χ0n) is 45.7. The molecule has 8 heterocycles. The zero-order chi connectivity index (χ0) is 57.0. The van der Waals surface area contributed by atoms with E-state index in [2.05, 4.69) is 16.5 Å². The van der Waals surface area contributed by atoms with Crippen molar-refractivity contribution in [3.63, 3.8) is 0 Å². The van der Waals surface area contributed by atoms with E-state index in [-0.39, 0.29) is 85.6 Å². The molecule has 5 aromatic heterocycles. The minimum atomic E-state index is -1.04. The van der Waals surface area contributed by atoms with Gasteiger partial charge in [0.15, 0.2) is 17.1 Å². The molecule has 3 saturated heterocycles. The molecule has 0 radical (unpaired) electrons. The number of phenols is 1. The normalized spacial score (nSPS) is 17.9. The fourth-order valence-corrected chi connectivity index (χ4v) is 11.9. The molecule has 21 heteroatoms. The van der Waals surface area contributed by atoms with Crippen LogP contribution < -0.4 is 26.1 Å². The van der Waals surface area contributed by atoms with Gasteiger partial charge in [0.25, 0.3) is 0 Å². The number of aromatic nitrogens is 7. The second-order valence-electron chi connectivity index (χ2n) is 21.0. The van der Waals surface area contributed by atoms with Gasteiger partial charge < -0.3 is 29.6 Å². The van der Waals surface area contributed by atoms with E-state index in [4.69, 9.17) is 26.6 Å². The first-order valence-electron chi connectivity index (χ1n) is 27.0. The van der Waals surface area contributed by atoms with Gasteiger partial charge in [-0.2, -0.15) is 9.97 Å². The lowest BCUT2D eigenvalue weighted by molar-refractivity contribution is -0.127. The zero-order valence-corrected chi connectivity index (χ0v) is 46.4. The summed E-state index contributed by atoms with van der Waals surface area (Å²) in [6.45, 7) is 19.0. The molecule has 2 amide bonds. The number of benzene rings is 2. The Balaban J connectivity index is 1.01. The highest BCUT2D eigenvalue weighted by Crippen LogP contribution is 2.40. The topological polar surface area (TPSA) is 179 Å². The third kappa shape index (κ3) is 9.91. The van der Waals surface area contributed by atoms with E-state index >= 15 is 8.78 Å². The first kappa shape index (κ1) is 55.2. The number of halogens is 4. The summed E-state index contributed by atoms with van der Waals surface area (Å²) in [5.74, 6) is -2.53. The molecular formula is C59H62ClF3N12O5. The Hall–Kier alpha value is -8.13. The van der Waals surface area contributed by atoms with E-state index in [1.54, 1.807) is 49.4 Å². The molecule has 3 aliphatic rings. The highest BCUT2D eigenvalue weighted by molar-refractivity contribution is 6.33. The summed E-state index contributed by atoms with van der Waals surface area (Å²) < 4.78 is 49.4. The quantitative estimate of drug-likeness (QED) is 0.115. The number of para-hydroxylation sites is 1. The Morgan fingerprint density at radius 2 is 1.36 bits per heavy atom. The summed E-state index contributed by atoms with van der Waals surface area (Å²) in [5, 5.41) is 11.8. The van der Waals surface area contributed by atoms with Crippen LogP contribution in [0, 0.1) is 18.6 Å². The van der Waals surface area contributed by atoms with Crippen LogP contribution in [0.15, 0.2) is 83.0 Å². The average Bonchev–Trinajstić information content (AvgIpc) is 3.91. The Morgan fingerprint density at radius 3 is 1.93 bits per heavy atom. The molecule has 17 nitrogen and oxygen atoms in total. The largest absolute Gasteiger partial charge is 0.507 e. The van der Waals surface area contributed by atoms with Gasteiger partial charge in [0.1, 0.15) is 40.9 Å².